The molecule has 1 aromatic heterocycles. The van der Waals surface area contributed by atoms with Gasteiger partial charge in [-0.2, -0.15) is 0 Å². The van der Waals surface area contributed by atoms with Crippen LogP contribution >= 0.6 is 11.8 Å². The molecular weight excluding hydrogens is 266 g/mol. The molecule has 106 valence electrons. The molecular formula is C16H21N3S. The van der Waals surface area contributed by atoms with Crippen LogP contribution in [0.4, 0.5) is 0 Å². The van der Waals surface area contributed by atoms with Gasteiger partial charge in [-0.15, -0.1) is 0 Å². The van der Waals surface area contributed by atoms with Gasteiger partial charge in [0.25, 0.3) is 0 Å². The van der Waals surface area contributed by atoms with E-state index in [9.17, 15) is 0 Å². The molecule has 3 atom stereocenters. The number of aryl methyl sites for hydroxylation is 1. The fourth-order valence-corrected chi connectivity index (χ4v) is 4.18. The fourth-order valence-electron chi connectivity index (χ4n) is 2.92. The molecule has 4 heteroatoms. The first-order valence-corrected chi connectivity index (χ1v) is 8.06. The van der Waals surface area contributed by atoms with E-state index in [1.54, 1.807) is 0 Å². The van der Waals surface area contributed by atoms with Crippen LogP contribution < -0.4 is 5.73 Å². The zero-order valence-corrected chi connectivity index (χ0v) is 12.6. The Morgan fingerprint density at radius 2 is 2.05 bits per heavy atom. The first kappa shape index (κ1) is 13.7. The summed E-state index contributed by atoms with van der Waals surface area (Å²) in [5.41, 5.74) is 7.78. The Balaban J connectivity index is 1.72. The van der Waals surface area contributed by atoms with E-state index in [1.165, 1.54) is 12.0 Å². The average Bonchev–Trinajstić information content (AvgIpc) is 2.88. The van der Waals surface area contributed by atoms with Crippen LogP contribution in [0.25, 0.3) is 0 Å². The van der Waals surface area contributed by atoms with Gasteiger partial charge < -0.3 is 10.3 Å². The summed E-state index contributed by atoms with van der Waals surface area (Å²) in [4.78, 5) is 4.41. The van der Waals surface area contributed by atoms with Gasteiger partial charge in [0.05, 0.1) is 0 Å². The number of imidazole rings is 1. The predicted octanol–water partition coefficient (Wildman–Crippen LogP) is 3.18. The van der Waals surface area contributed by atoms with E-state index >= 15 is 0 Å². The highest BCUT2D eigenvalue weighted by Crippen LogP contribution is 2.39. The minimum absolute atomic E-state index is 0.275. The summed E-state index contributed by atoms with van der Waals surface area (Å²) < 4.78 is 2.07. The Morgan fingerprint density at radius 3 is 2.75 bits per heavy atom. The normalized spacial score (nSPS) is 26.6. The van der Waals surface area contributed by atoms with E-state index in [4.69, 9.17) is 5.73 Å². The number of aromatic nitrogens is 2. The SMILES string of the molecule is Cn1ccnc1SC1CC(c2ccccc2)CCC1N. The van der Waals surface area contributed by atoms with E-state index in [0.717, 1.165) is 18.0 Å². The van der Waals surface area contributed by atoms with Gasteiger partial charge in [0, 0.05) is 30.7 Å². The average molecular weight is 287 g/mol. The van der Waals surface area contributed by atoms with Crippen molar-refractivity contribution in [3.05, 3.63) is 48.3 Å². The molecule has 0 aliphatic heterocycles. The van der Waals surface area contributed by atoms with Crippen molar-refractivity contribution in [2.75, 3.05) is 0 Å². The topological polar surface area (TPSA) is 43.8 Å². The highest BCUT2D eigenvalue weighted by molar-refractivity contribution is 7.99. The van der Waals surface area contributed by atoms with Crippen LogP contribution in [0.1, 0.15) is 30.7 Å². The molecule has 1 fully saturated rings. The molecule has 0 spiro atoms. The Labute approximate surface area is 124 Å². The number of thioether (sulfide) groups is 1. The lowest BCUT2D eigenvalue weighted by molar-refractivity contribution is 0.405. The highest BCUT2D eigenvalue weighted by Gasteiger charge is 2.30. The second kappa shape index (κ2) is 6.02. The van der Waals surface area contributed by atoms with Crippen LogP contribution in [0.5, 0.6) is 0 Å². The van der Waals surface area contributed by atoms with Crippen LogP contribution in [0, 0.1) is 0 Å². The van der Waals surface area contributed by atoms with Crippen molar-refractivity contribution in [2.45, 2.75) is 41.6 Å². The Hall–Kier alpha value is -1.26. The van der Waals surface area contributed by atoms with Crippen LogP contribution in [0.15, 0.2) is 47.9 Å². The third kappa shape index (κ3) is 2.91. The molecule has 3 unspecified atom stereocenters. The Bertz CT molecular complexity index is 552. The first-order chi connectivity index (χ1) is 9.74. The van der Waals surface area contributed by atoms with Crippen molar-refractivity contribution in [2.24, 2.45) is 12.8 Å². The number of benzene rings is 1. The highest BCUT2D eigenvalue weighted by atomic mass is 32.2. The zero-order chi connectivity index (χ0) is 13.9. The minimum Gasteiger partial charge on any atom is -0.329 e. The van der Waals surface area contributed by atoms with Crippen molar-refractivity contribution >= 4 is 11.8 Å². The van der Waals surface area contributed by atoms with Gasteiger partial charge >= 0.3 is 0 Å². The van der Waals surface area contributed by atoms with Gasteiger partial charge in [-0.3, -0.25) is 0 Å². The lowest BCUT2D eigenvalue weighted by Crippen LogP contribution is -2.37. The quantitative estimate of drug-likeness (QED) is 0.943. The summed E-state index contributed by atoms with van der Waals surface area (Å²) in [6.07, 6.45) is 7.28. The summed E-state index contributed by atoms with van der Waals surface area (Å²) in [6.45, 7) is 0. The monoisotopic (exact) mass is 287 g/mol. The van der Waals surface area contributed by atoms with E-state index in [2.05, 4.69) is 39.9 Å². The second-order valence-corrected chi connectivity index (χ2v) is 6.77. The molecule has 1 heterocycles. The van der Waals surface area contributed by atoms with E-state index in [-0.39, 0.29) is 6.04 Å². The van der Waals surface area contributed by atoms with Gasteiger partial charge in [-0.1, -0.05) is 42.1 Å². The summed E-state index contributed by atoms with van der Waals surface area (Å²) in [5.74, 6) is 0.633. The maximum absolute atomic E-state index is 6.33. The molecule has 2 aromatic rings. The molecule has 3 nitrogen and oxygen atoms in total. The fraction of sp³-hybridized carbons (Fsp3) is 0.438. The maximum atomic E-state index is 6.33. The number of hydrogen-bond donors (Lipinski definition) is 1. The largest absolute Gasteiger partial charge is 0.329 e. The third-order valence-corrected chi connectivity index (χ3v) is 5.60. The van der Waals surface area contributed by atoms with Gasteiger partial charge in [0.2, 0.25) is 0 Å². The van der Waals surface area contributed by atoms with E-state index < -0.39 is 0 Å². The van der Waals surface area contributed by atoms with E-state index in [0.29, 0.717) is 11.2 Å². The number of hydrogen-bond acceptors (Lipinski definition) is 3. The van der Waals surface area contributed by atoms with Crippen molar-refractivity contribution in [3.63, 3.8) is 0 Å². The molecule has 1 saturated carbocycles. The minimum atomic E-state index is 0.275. The number of rotatable bonds is 3. The summed E-state index contributed by atoms with van der Waals surface area (Å²) in [5, 5.41) is 1.52. The summed E-state index contributed by atoms with van der Waals surface area (Å²) in [7, 11) is 2.04. The lowest BCUT2D eigenvalue weighted by Gasteiger charge is -2.33. The molecule has 0 saturated heterocycles. The summed E-state index contributed by atoms with van der Waals surface area (Å²) >= 11 is 1.83. The molecule has 1 aliphatic rings. The molecule has 0 bridgehead atoms. The van der Waals surface area contributed by atoms with Crippen molar-refractivity contribution in [1.29, 1.82) is 0 Å². The molecule has 3 rings (SSSR count). The van der Waals surface area contributed by atoms with Gasteiger partial charge in [0.1, 0.15) is 0 Å². The van der Waals surface area contributed by atoms with Gasteiger partial charge in [-0.25, -0.2) is 4.98 Å². The maximum Gasteiger partial charge on any atom is 0.167 e. The van der Waals surface area contributed by atoms with Crippen molar-refractivity contribution in [1.82, 2.24) is 9.55 Å². The molecule has 0 amide bonds. The second-order valence-electron chi connectivity index (χ2n) is 5.56. The van der Waals surface area contributed by atoms with Gasteiger partial charge in [0.15, 0.2) is 5.16 Å². The van der Waals surface area contributed by atoms with Crippen LogP contribution in [-0.4, -0.2) is 20.8 Å². The summed E-state index contributed by atoms with van der Waals surface area (Å²) in [6, 6.07) is 11.1. The Morgan fingerprint density at radius 1 is 1.25 bits per heavy atom. The van der Waals surface area contributed by atoms with Crippen LogP contribution in [0.2, 0.25) is 0 Å². The first-order valence-electron chi connectivity index (χ1n) is 7.18. The van der Waals surface area contributed by atoms with Crippen LogP contribution in [-0.2, 0) is 7.05 Å². The third-order valence-electron chi connectivity index (χ3n) is 4.15. The lowest BCUT2D eigenvalue weighted by atomic mass is 9.82. The van der Waals surface area contributed by atoms with Crippen LogP contribution in [0.3, 0.4) is 0 Å². The Kier molecular flexibility index (Phi) is 4.13. The standard InChI is InChI=1S/C16H21N3S/c1-19-10-9-18-16(19)20-15-11-13(7-8-14(15)17)12-5-3-2-4-6-12/h2-6,9-10,13-15H,7-8,11,17H2,1H3. The number of nitrogens with two attached hydrogens (primary N) is 1. The molecule has 1 aromatic carbocycles. The molecule has 0 radical (unpaired) electrons. The van der Waals surface area contributed by atoms with Crippen molar-refractivity contribution in [3.8, 4) is 0 Å². The molecule has 2 N–H and O–H groups in total. The van der Waals surface area contributed by atoms with Crippen molar-refractivity contribution < 1.29 is 0 Å². The molecule has 20 heavy (non-hydrogen) atoms. The zero-order valence-electron chi connectivity index (χ0n) is 11.8. The molecule has 1 aliphatic carbocycles. The van der Waals surface area contributed by atoms with E-state index in [1.807, 2.05) is 31.2 Å². The smallest absolute Gasteiger partial charge is 0.167 e. The predicted molar refractivity (Wildman–Crippen MR) is 83.9 cm³/mol. The van der Waals surface area contributed by atoms with Gasteiger partial charge in [-0.05, 0) is 30.7 Å². The number of nitrogens with zero attached hydrogens (tertiary/aromatic N) is 2.